The van der Waals surface area contributed by atoms with Crippen LogP contribution in [0, 0.1) is 11.8 Å². The van der Waals surface area contributed by atoms with Crippen LogP contribution in [0.25, 0.3) is 0 Å². The van der Waals surface area contributed by atoms with E-state index in [9.17, 15) is 14.4 Å². The first-order chi connectivity index (χ1) is 12.3. The molecule has 2 heterocycles. The number of fused-ring (bicyclic) bond motifs is 4. The third-order valence-corrected chi connectivity index (χ3v) is 5.83. The van der Waals surface area contributed by atoms with E-state index in [1.54, 1.807) is 19.9 Å². The second kappa shape index (κ2) is 5.69. The van der Waals surface area contributed by atoms with Gasteiger partial charge in [-0.25, -0.2) is 14.4 Å². The van der Waals surface area contributed by atoms with Gasteiger partial charge in [-0.2, -0.15) is 0 Å². The molecule has 0 saturated carbocycles. The summed E-state index contributed by atoms with van der Waals surface area (Å²) in [6.07, 6.45) is 2.25. The number of carbonyl (C=O) groups is 3. The van der Waals surface area contributed by atoms with Crippen LogP contribution >= 0.6 is 0 Å². The van der Waals surface area contributed by atoms with Crippen molar-refractivity contribution < 1.29 is 28.6 Å². The van der Waals surface area contributed by atoms with Crippen LogP contribution in [0.4, 0.5) is 0 Å². The Balaban J connectivity index is 1.81. The molecule has 6 heteroatoms. The lowest BCUT2D eigenvalue weighted by Gasteiger charge is -2.37. The van der Waals surface area contributed by atoms with E-state index in [1.807, 2.05) is 13.0 Å². The number of allylic oxidation sites excluding steroid dienone is 2. The molecule has 2 aliphatic carbocycles. The summed E-state index contributed by atoms with van der Waals surface area (Å²) in [4.78, 5) is 36.8. The van der Waals surface area contributed by atoms with Crippen molar-refractivity contribution in [2.75, 3.05) is 0 Å². The second-order valence-corrected chi connectivity index (χ2v) is 7.16. The van der Waals surface area contributed by atoms with Gasteiger partial charge in [0.15, 0.2) is 12.2 Å². The van der Waals surface area contributed by atoms with E-state index < -0.39 is 36.2 Å². The van der Waals surface area contributed by atoms with Gasteiger partial charge in [0.2, 0.25) is 0 Å². The molecule has 0 unspecified atom stereocenters. The monoisotopic (exact) mass is 356 g/mol. The average molecular weight is 356 g/mol. The first kappa shape index (κ1) is 16.8. The minimum absolute atomic E-state index is 0.194. The minimum Gasteiger partial charge on any atom is -0.457 e. The van der Waals surface area contributed by atoms with Crippen molar-refractivity contribution in [3.63, 3.8) is 0 Å². The first-order valence-electron chi connectivity index (χ1n) is 8.69. The van der Waals surface area contributed by atoms with Gasteiger partial charge in [0, 0.05) is 17.1 Å². The predicted octanol–water partition coefficient (Wildman–Crippen LogP) is 2.16. The summed E-state index contributed by atoms with van der Waals surface area (Å²) in [5.41, 5.74) is 3.20. The van der Waals surface area contributed by atoms with Gasteiger partial charge >= 0.3 is 17.9 Å². The molecule has 0 aromatic carbocycles. The second-order valence-electron chi connectivity index (χ2n) is 7.16. The van der Waals surface area contributed by atoms with Crippen LogP contribution in [0.3, 0.4) is 0 Å². The zero-order valence-corrected chi connectivity index (χ0v) is 14.9. The molecular weight excluding hydrogens is 336 g/mol. The van der Waals surface area contributed by atoms with Crippen LogP contribution in [-0.2, 0) is 28.6 Å². The number of carbonyl (C=O) groups excluding carboxylic acids is 3. The average Bonchev–Trinajstić information content (AvgIpc) is 3.07. The lowest BCUT2D eigenvalue weighted by Crippen LogP contribution is -2.51. The highest BCUT2D eigenvalue weighted by atomic mass is 16.6. The van der Waals surface area contributed by atoms with E-state index in [0.717, 1.165) is 11.1 Å². The normalized spacial score (nSPS) is 35.5. The molecule has 0 aromatic rings. The molecule has 6 nitrogen and oxygen atoms in total. The highest BCUT2D eigenvalue weighted by molar-refractivity contribution is 5.98. The predicted molar refractivity (Wildman–Crippen MR) is 90.6 cm³/mol. The molecule has 4 rings (SSSR count). The number of esters is 3. The number of hydrogen-bond acceptors (Lipinski definition) is 6. The van der Waals surface area contributed by atoms with Crippen LogP contribution < -0.4 is 0 Å². The third kappa shape index (κ3) is 2.14. The van der Waals surface area contributed by atoms with Crippen LogP contribution in [-0.4, -0.2) is 36.2 Å². The Morgan fingerprint density at radius 3 is 2.69 bits per heavy atom. The van der Waals surface area contributed by atoms with Gasteiger partial charge in [-0.1, -0.05) is 24.3 Å². The summed E-state index contributed by atoms with van der Waals surface area (Å²) in [6, 6.07) is 0. The molecule has 136 valence electrons. The molecule has 0 spiro atoms. The first-order valence-corrected chi connectivity index (χ1v) is 8.69. The minimum atomic E-state index is -0.819. The Labute approximate surface area is 151 Å². The van der Waals surface area contributed by atoms with E-state index in [0.29, 0.717) is 17.6 Å². The van der Waals surface area contributed by atoms with Crippen molar-refractivity contribution in [3.05, 3.63) is 46.6 Å². The molecule has 0 radical (unpaired) electrons. The maximum atomic E-state index is 12.4. The van der Waals surface area contributed by atoms with Gasteiger partial charge in [0.05, 0.1) is 11.5 Å². The molecule has 4 aliphatic rings. The molecule has 0 amide bonds. The number of hydrogen-bond donors (Lipinski definition) is 0. The van der Waals surface area contributed by atoms with Gasteiger partial charge in [0.1, 0.15) is 6.10 Å². The Hall–Kier alpha value is -2.63. The summed E-state index contributed by atoms with van der Waals surface area (Å²) in [7, 11) is 0. The standard InChI is InChI=1S/C20H20O6/c1-5-8(2)18(21)25-16-13-10(4)19(22)24-15(13)12-9(3)6-7-11(12)14-17(16)26-20(14)23/h5-6,12-13,15-17H,4,7H2,1-3H3/b8-5-/t12-,13-,15+,16-,17-/m0/s1. The number of rotatable bonds is 2. The zero-order chi connectivity index (χ0) is 18.7. The maximum absolute atomic E-state index is 12.4. The van der Waals surface area contributed by atoms with Crippen molar-refractivity contribution in [1.29, 1.82) is 0 Å². The fourth-order valence-electron chi connectivity index (χ4n) is 4.30. The molecule has 0 aromatic heterocycles. The van der Waals surface area contributed by atoms with Crippen molar-refractivity contribution in [3.8, 4) is 0 Å². The highest BCUT2D eigenvalue weighted by Crippen LogP contribution is 2.52. The fraction of sp³-hybridized carbons (Fsp3) is 0.450. The van der Waals surface area contributed by atoms with Crippen LogP contribution in [0.15, 0.2) is 46.6 Å². The smallest absolute Gasteiger partial charge is 0.338 e. The Morgan fingerprint density at radius 1 is 1.31 bits per heavy atom. The van der Waals surface area contributed by atoms with Crippen molar-refractivity contribution >= 4 is 17.9 Å². The summed E-state index contributed by atoms with van der Waals surface area (Å²) >= 11 is 0. The van der Waals surface area contributed by atoms with Crippen LogP contribution in [0.2, 0.25) is 0 Å². The molecule has 26 heavy (non-hydrogen) atoms. The fourth-order valence-corrected chi connectivity index (χ4v) is 4.30. The largest absolute Gasteiger partial charge is 0.457 e. The Bertz CT molecular complexity index is 842. The summed E-state index contributed by atoms with van der Waals surface area (Å²) in [6.45, 7) is 9.21. The van der Waals surface area contributed by atoms with Gasteiger partial charge in [0.25, 0.3) is 0 Å². The van der Waals surface area contributed by atoms with E-state index in [2.05, 4.69) is 6.58 Å². The lowest BCUT2D eigenvalue weighted by molar-refractivity contribution is -0.178. The number of ether oxygens (including phenoxy) is 3. The molecule has 2 saturated heterocycles. The van der Waals surface area contributed by atoms with E-state index in [-0.39, 0.29) is 17.5 Å². The van der Waals surface area contributed by atoms with E-state index in [1.165, 1.54) is 0 Å². The lowest BCUT2D eigenvalue weighted by atomic mass is 9.82. The molecule has 5 atom stereocenters. The van der Waals surface area contributed by atoms with Crippen molar-refractivity contribution in [2.24, 2.45) is 11.8 Å². The molecular formula is C20H20O6. The molecule has 0 N–H and O–H groups in total. The highest BCUT2D eigenvalue weighted by Gasteiger charge is 2.61. The van der Waals surface area contributed by atoms with Gasteiger partial charge in [-0.3, -0.25) is 0 Å². The molecule has 0 bridgehead atoms. The SMILES string of the molecule is C=C1C(=O)O[C@@H]2[C@H]3C(C)=CCC3=C3C(=O)O[C@@H]3[C@@H](OC(=O)/C(C)=C\C)[C@@H]12. The van der Waals surface area contributed by atoms with Crippen molar-refractivity contribution in [1.82, 2.24) is 0 Å². The molecule has 2 fully saturated rings. The summed E-state index contributed by atoms with van der Waals surface area (Å²) in [5.74, 6) is -2.13. The van der Waals surface area contributed by atoms with Gasteiger partial charge < -0.3 is 14.2 Å². The zero-order valence-electron chi connectivity index (χ0n) is 14.9. The molecule has 2 aliphatic heterocycles. The van der Waals surface area contributed by atoms with Gasteiger partial charge in [-0.15, -0.1) is 0 Å². The quantitative estimate of drug-likeness (QED) is 0.327. The maximum Gasteiger partial charge on any atom is 0.338 e. The Morgan fingerprint density at radius 2 is 2.04 bits per heavy atom. The van der Waals surface area contributed by atoms with Crippen molar-refractivity contribution in [2.45, 2.75) is 45.5 Å². The van der Waals surface area contributed by atoms with Crippen LogP contribution in [0.5, 0.6) is 0 Å². The van der Waals surface area contributed by atoms with E-state index >= 15 is 0 Å². The third-order valence-electron chi connectivity index (χ3n) is 5.83. The summed E-state index contributed by atoms with van der Waals surface area (Å²) in [5, 5.41) is 0. The Kier molecular flexibility index (Phi) is 3.68. The van der Waals surface area contributed by atoms with Gasteiger partial charge in [-0.05, 0) is 32.8 Å². The summed E-state index contributed by atoms with van der Waals surface area (Å²) < 4.78 is 16.7. The van der Waals surface area contributed by atoms with E-state index in [4.69, 9.17) is 14.2 Å². The topological polar surface area (TPSA) is 78.9 Å². The van der Waals surface area contributed by atoms with Crippen LogP contribution in [0.1, 0.15) is 27.2 Å².